The van der Waals surface area contributed by atoms with Crippen molar-refractivity contribution in [1.29, 1.82) is 0 Å². The van der Waals surface area contributed by atoms with Gasteiger partial charge in [0.25, 0.3) is 0 Å². The van der Waals surface area contributed by atoms with Crippen molar-refractivity contribution in [3.63, 3.8) is 0 Å². The molecular formula is C15H16N2O3S. The zero-order chi connectivity index (χ0) is 15.2. The molecule has 2 N–H and O–H groups in total. The number of esters is 1. The van der Waals surface area contributed by atoms with Crippen LogP contribution in [0.3, 0.4) is 0 Å². The van der Waals surface area contributed by atoms with Crippen molar-refractivity contribution in [2.75, 3.05) is 12.4 Å². The molecule has 0 radical (unpaired) electrons. The maximum atomic E-state index is 11.8. The van der Waals surface area contributed by atoms with Crippen molar-refractivity contribution in [3.8, 4) is 0 Å². The zero-order valence-corrected chi connectivity index (χ0v) is 12.6. The molecule has 110 valence electrons. The van der Waals surface area contributed by atoms with Crippen LogP contribution >= 0.6 is 11.3 Å². The van der Waals surface area contributed by atoms with Gasteiger partial charge in [-0.2, -0.15) is 0 Å². The van der Waals surface area contributed by atoms with Gasteiger partial charge in [0.15, 0.2) is 0 Å². The number of anilines is 1. The quantitative estimate of drug-likeness (QED) is 0.853. The molecule has 0 fully saturated rings. The Labute approximate surface area is 126 Å². The van der Waals surface area contributed by atoms with Gasteiger partial charge in [-0.3, -0.25) is 0 Å². The van der Waals surface area contributed by atoms with Gasteiger partial charge in [-0.15, -0.1) is 11.3 Å². The van der Waals surface area contributed by atoms with Gasteiger partial charge in [0.2, 0.25) is 0 Å². The first-order valence-electron chi connectivity index (χ1n) is 6.36. The number of rotatable bonds is 4. The highest BCUT2D eigenvalue weighted by Gasteiger charge is 2.09. The average molecular weight is 304 g/mol. The minimum atomic E-state index is -0.396. The highest BCUT2D eigenvalue weighted by molar-refractivity contribution is 7.09. The summed E-state index contributed by atoms with van der Waals surface area (Å²) in [7, 11) is 1.34. The molecule has 2 rings (SSSR count). The molecule has 0 saturated carbocycles. The van der Waals surface area contributed by atoms with Crippen LogP contribution in [0, 0.1) is 6.92 Å². The fraction of sp³-hybridized carbons (Fsp3) is 0.200. The van der Waals surface area contributed by atoms with Crippen LogP contribution in [-0.4, -0.2) is 19.1 Å². The molecule has 6 heteroatoms. The van der Waals surface area contributed by atoms with E-state index < -0.39 is 5.97 Å². The lowest BCUT2D eigenvalue weighted by atomic mass is 10.1. The molecule has 0 spiro atoms. The van der Waals surface area contributed by atoms with Crippen molar-refractivity contribution in [2.24, 2.45) is 0 Å². The fourth-order valence-electron chi connectivity index (χ4n) is 1.80. The molecule has 0 unspecified atom stereocenters. The normalized spacial score (nSPS) is 10.0. The van der Waals surface area contributed by atoms with Gasteiger partial charge in [0, 0.05) is 10.6 Å². The average Bonchev–Trinajstić information content (AvgIpc) is 2.99. The molecule has 0 bridgehead atoms. The van der Waals surface area contributed by atoms with Gasteiger partial charge in [-0.25, -0.2) is 9.59 Å². The van der Waals surface area contributed by atoms with Crippen molar-refractivity contribution in [3.05, 3.63) is 51.7 Å². The zero-order valence-electron chi connectivity index (χ0n) is 11.8. The molecular weight excluding hydrogens is 288 g/mol. The molecule has 2 amide bonds. The summed E-state index contributed by atoms with van der Waals surface area (Å²) in [5.74, 6) is -0.396. The van der Waals surface area contributed by atoms with Crippen LogP contribution in [0.1, 0.15) is 20.8 Å². The Morgan fingerprint density at radius 3 is 2.71 bits per heavy atom. The van der Waals surface area contributed by atoms with E-state index in [1.807, 2.05) is 24.4 Å². The van der Waals surface area contributed by atoms with Crippen LogP contribution in [0.5, 0.6) is 0 Å². The molecule has 1 heterocycles. The summed E-state index contributed by atoms with van der Waals surface area (Å²) >= 11 is 1.59. The second kappa shape index (κ2) is 6.90. The smallest absolute Gasteiger partial charge is 0.337 e. The van der Waals surface area contributed by atoms with E-state index in [0.29, 0.717) is 17.8 Å². The van der Waals surface area contributed by atoms with Crippen molar-refractivity contribution >= 4 is 29.0 Å². The number of hydrogen-bond acceptors (Lipinski definition) is 4. The van der Waals surface area contributed by atoms with Crippen LogP contribution in [0.4, 0.5) is 10.5 Å². The largest absolute Gasteiger partial charge is 0.465 e. The fourth-order valence-corrected chi connectivity index (χ4v) is 2.44. The molecule has 0 atom stereocenters. The summed E-state index contributed by atoms with van der Waals surface area (Å²) in [6.45, 7) is 2.31. The Bertz CT molecular complexity index is 638. The van der Waals surface area contributed by atoms with Crippen molar-refractivity contribution in [2.45, 2.75) is 13.5 Å². The number of methoxy groups -OCH3 is 1. The van der Waals surface area contributed by atoms with E-state index in [2.05, 4.69) is 15.4 Å². The molecule has 21 heavy (non-hydrogen) atoms. The third-order valence-corrected chi connectivity index (χ3v) is 3.78. The highest BCUT2D eigenvalue weighted by atomic mass is 32.1. The predicted molar refractivity (Wildman–Crippen MR) is 82.7 cm³/mol. The number of hydrogen-bond donors (Lipinski definition) is 2. The third-order valence-electron chi connectivity index (χ3n) is 2.90. The van der Waals surface area contributed by atoms with E-state index in [4.69, 9.17) is 0 Å². The maximum Gasteiger partial charge on any atom is 0.337 e. The second-order valence-corrected chi connectivity index (χ2v) is 5.44. The summed E-state index contributed by atoms with van der Waals surface area (Å²) in [5, 5.41) is 7.50. The van der Waals surface area contributed by atoms with Crippen LogP contribution in [0.2, 0.25) is 0 Å². The highest BCUT2D eigenvalue weighted by Crippen LogP contribution is 2.17. The Morgan fingerprint density at radius 2 is 2.10 bits per heavy atom. The number of amides is 2. The number of thiophene rings is 1. The van der Waals surface area contributed by atoms with E-state index in [1.165, 1.54) is 7.11 Å². The van der Waals surface area contributed by atoms with Gasteiger partial charge >= 0.3 is 12.0 Å². The number of carbonyl (C=O) groups excluding carboxylic acids is 2. The molecule has 5 nitrogen and oxygen atoms in total. The lowest BCUT2D eigenvalue weighted by Gasteiger charge is -2.10. The number of aryl methyl sites for hydroxylation is 1. The summed E-state index contributed by atoms with van der Waals surface area (Å²) in [6.07, 6.45) is 0. The van der Waals surface area contributed by atoms with Crippen LogP contribution < -0.4 is 10.6 Å². The molecule has 0 aliphatic rings. The van der Waals surface area contributed by atoms with Crippen molar-refractivity contribution < 1.29 is 14.3 Å². The first kappa shape index (κ1) is 15.1. The Morgan fingerprint density at radius 1 is 1.29 bits per heavy atom. The third kappa shape index (κ3) is 4.06. The van der Waals surface area contributed by atoms with Crippen LogP contribution in [0.25, 0.3) is 0 Å². The lowest BCUT2D eigenvalue weighted by molar-refractivity contribution is 0.0600. The van der Waals surface area contributed by atoms with Gasteiger partial charge in [-0.05, 0) is 42.1 Å². The molecule has 1 aromatic heterocycles. The van der Waals surface area contributed by atoms with Crippen LogP contribution in [0.15, 0.2) is 35.7 Å². The standard InChI is InChI=1S/C15H16N2O3S/c1-10-8-11(14(18)20-2)5-6-13(10)17-15(19)16-9-12-4-3-7-21-12/h3-8H,9H2,1-2H3,(H2,16,17,19). The first-order chi connectivity index (χ1) is 10.1. The molecule has 0 aliphatic carbocycles. The van der Waals surface area contributed by atoms with Crippen LogP contribution in [-0.2, 0) is 11.3 Å². The van der Waals surface area contributed by atoms with E-state index in [-0.39, 0.29) is 6.03 Å². The van der Waals surface area contributed by atoms with Gasteiger partial charge in [0.1, 0.15) is 0 Å². The van der Waals surface area contributed by atoms with E-state index in [9.17, 15) is 9.59 Å². The van der Waals surface area contributed by atoms with Crippen molar-refractivity contribution in [1.82, 2.24) is 5.32 Å². The SMILES string of the molecule is COC(=O)c1ccc(NC(=O)NCc2cccs2)c(C)c1. The monoisotopic (exact) mass is 304 g/mol. The summed E-state index contributed by atoms with van der Waals surface area (Å²) in [5.41, 5.74) is 1.91. The number of benzene rings is 1. The van der Waals surface area contributed by atoms with Gasteiger partial charge in [0.05, 0.1) is 19.2 Å². The number of ether oxygens (including phenoxy) is 1. The van der Waals surface area contributed by atoms with E-state index in [0.717, 1.165) is 10.4 Å². The second-order valence-electron chi connectivity index (χ2n) is 4.41. The molecule has 2 aromatic rings. The minimum absolute atomic E-state index is 0.280. The number of carbonyl (C=O) groups is 2. The van der Waals surface area contributed by atoms with Gasteiger partial charge < -0.3 is 15.4 Å². The Balaban J connectivity index is 1.96. The predicted octanol–water partition coefficient (Wildman–Crippen LogP) is 3.16. The topological polar surface area (TPSA) is 67.4 Å². The van der Waals surface area contributed by atoms with E-state index in [1.54, 1.807) is 29.5 Å². The summed E-state index contributed by atoms with van der Waals surface area (Å²) in [6, 6.07) is 8.61. The molecule has 0 aliphatic heterocycles. The number of nitrogens with one attached hydrogen (secondary N) is 2. The van der Waals surface area contributed by atoms with Gasteiger partial charge in [-0.1, -0.05) is 6.07 Å². The Hall–Kier alpha value is -2.34. The minimum Gasteiger partial charge on any atom is -0.465 e. The lowest BCUT2D eigenvalue weighted by Crippen LogP contribution is -2.28. The maximum absolute atomic E-state index is 11.8. The number of urea groups is 1. The molecule has 1 aromatic carbocycles. The Kier molecular flexibility index (Phi) is 4.94. The first-order valence-corrected chi connectivity index (χ1v) is 7.24. The molecule has 0 saturated heterocycles. The summed E-state index contributed by atoms with van der Waals surface area (Å²) < 4.78 is 4.65. The summed E-state index contributed by atoms with van der Waals surface area (Å²) in [4.78, 5) is 24.3. The van der Waals surface area contributed by atoms with E-state index >= 15 is 0 Å².